The molecule has 0 aliphatic carbocycles. The number of aromatic nitrogens is 2. The molecule has 0 spiro atoms. The predicted molar refractivity (Wildman–Crippen MR) is 95.8 cm³/mol. The van der Waals surface area contributed by atoms with Gasteiger partial charge in [-0.05, 0) is 0 Å². The Morgan fingerprint density at radius 1 is 1.18 bits per heavy atom. The summed E-state index contributed by atoms with van der Waals surface area (Å²) in [6, 6.07) is 2.18. The summed E-state index contributed by atoms with van der Waals surface area (Å²) >= 11 is 0. The van der Waals surface area contributed by atoms with Crippen LogP contribution >= 0.6 is 0 Å². The minimum absolute atomic E-state index is 0.0534. The third-order valence-electron chi connectivity index (χ3n) is 3.40. The van der Waals surface area contributed by atoms with Crippen LogP contribution < -0.4 is 25.4 Å². The maximum atomic E-state index is 12.5. The highest BCUT2D eigenvalue weighted by Crippen LogP contribution is 2.34. The third kappa shape index (κ3) is 4.69. The number of carbonyl (C=O) groups is 1. The highest BCUT2D eigenvalue weighted by Gasteiger charge is 2.24. The van der Waals surface area contributed by atoms with Crippen molar-refractivity contribution in [3.05, 3.63) is 44.7 Å². The van der Waals surface area contributed by atoms with Crippen LogP contribution in [0.25, 0.3) is 0 Å². The van der Waals surface area contributed by atoms with Gasteiger partial charge in [-0.3, -0.25) is 14.5 Å². The molecule has 2 rings (SSSR count). The summed E-state index contributed by atoms with van der Waals surface area (Å²) in [7, 11) is -1.79. The van der Waals surface area contributed by atoms with Gasteiger partial charge in [0.25, 0.3) is 15.6 Å². The zero-order chi connectivity index (χ0) is 20.9. The first-order chi connectivity index (χ1) is 13.2. The van der Waals surface area contributed by atoms with Crippen LogP contribution in [0.15, 0.2) is 32.8 Å². The van der Waals surface area contributed by atoms with E-state index in [0.717, 1.165) is 12.1 Å². The SMILES string of the molecule is COCCOc1cc(NS(=O)(=O)c2c[nH]c(=O)[nH]c2=O)c(C(=O)O)cc1OC. The topological polar surface area (TPSA) is 177 Å². The molecular formula is C15H17N3O9S. The number of nitrogens with one attached hydrogen (secondary N) is 3. The average Bonchev–Trinajstić information content (AvgIpc) is 2.61. The second-order valence-electron chi connectivity index (χ2n) is 5.24. The van der Waals surface area contributed by atoms with Crippen LogP contribution in [0.3, 0.4) is 0 Å². The maximum absolute atomic E-state index is 12.5. The Morgan fingerprint density at radius 2 is 1.89 bits per heavy atom. The molecule has 1 aromatic heterocycles. The minimum atomic E-state index is -4.53. The molecule has 0 fully saturated rings. The molecule has 0 aliphatic heterocycles. The molecule has 12 nitrogen and oxygen atoms in total. The van der Waals surface area contributed by atoms with Crippen molar-refractivity contribution in [2.45, 2.75) is 4.90 Å². The van der Waals surface area contributed by atoms with E-state index in [9.17, 15) is 27.9 Å². The van der Waals surface area contributed by atoms with Crippen molar-refractivity contribution in [2.24, 2.45) is 0 Å². The summed E-state index contributed by atoms with van der Waals surface area (Å²) in [5.74, 6) is -1.34. The molecular weight excluding hydrogens is 398 g/mol. The van der Waals surface area contributed by atoms with E-state index in [1.165, 1.54) is 14.2 Å². The highest BCUT2D eigenvalue weighted by atomic mass is 32.2. The monoisotopic (exact) mass is 415 g/mol. The van der Waals surface area contributed by atoms with Crippen LogP contribution in [0.1, 0.15) is 10.4 Å². The molecule has 1 heterocycles. The zero-order valence-corrected chi connectivity index (χ0v) is 15.6. The molecule has 1 aromatic carbocycles. The molecule has 0 saturated heterocycles. The second-order valence-corrected chi connectivity index (χ2v) is 6.89. The minimum Gasteiger partial charge on any atom is -0.493 e. The standard InChI is InChI=1S/C15H17N3O9S/c1-25-3-4-27-11-6-9(8(14(20)21)5-10(11)26-2)18-28(23,24)12-7-16-15(22)17-13(12)19/h5-7,18H,3-4H2,1-2H3,(H,20,21)(H2,16,17,19,22). The predicted octanol–water partition coefficient (Wildman–Crippen LogP) is -0.404. The summed E-state index contributed by atoms with van der Waals surface area (Å²) in [6.07, 6.45) is 0.698. The molecule has 0 atom stereocenters. The van der Waals surface area contributed by atoms with Crippen LogP contribution in [-0.4, -0.2) is 56.9 Å². The maximum Gasteiger partial charge on any atom is 0.337 e. The van der Waals surface area contributed by atoms with E-state index in [0.29, 0.717) is 6.20 Å². The molecule has 152 valence electrons. The van der Waals surface area contributed by atoms with Gasteiger partial charge in [-0.15, -0.1) is 0 Å². The van der Waals surface area contributed by atoms with Crippen molar-refractivity contribution < 1.29 is 32.5 Å². The van der Waals surface area contributed by atoms with Crippen LogP contribution in [0.2, 0.25) is 0 Å². The zero-order valence-electron chi connectivity index (χ0n) is 14.8. The molecule has 0 aliphatic rings. The molecule has 0 unspecified atom stereocenters. The molecule has 0 amide bonds. The van der Waals surface area contributed by atoms with E-state index >= 15 is 0 Å². The summed E-state index contributed by atoms with van der Waals surface area (Å²) in [6.45, 7) is 0.308. The first-order valence-corrected chi connectivity index (χ1v) is 9.09. The summed E-state index contributed by atoms with van der Waals surface area (Å²) < 4.78 is 42.3. The first kappa shape index (κ1) is 21.0. The second kappa shape index (κ2) is 8.58. The Bertz CT molecular complexity index is 1090. The number of aromatic amines is 2. The Labute approximate surface area is 158 Å². The lowest BCUT2D eigenvalue weighted by atomic mass is 10.1. The van der Waals surface area contributed by atoms with Crippen molar-refractivity contribution >= 4 is 21.7 Å². The molecule has 0 bridgehead atoms. The van der Waals surface area contributed by atoms with E-state index in [-0.39, 0.29) is 30.4 Å². The lowest BCUT2D eigenvalue weighted by molar-refractivity contribution is 0.0697. The number of methoxy groups -OCH3 is 2. The Hall–Kier alpha value is -3.32. The molecule has 0 saturated carbocycles. The van der Waals surface area contributed by atoms with Gasteiger partial charge in [0.1, 0.15) is 6.61 Å². The normalized spacial score (nSPS) is 11.1. The van der Waals surface area contributed by atoms with Crippen molar-refractivity contribution in [1.82, 2.24) is 9.97 Å². The summed E-state index contributed by atoms with van der Waals surface area (Å²) in [5.41, 5.74) is -2.88. The number of H-pyrrole nitrogens is 2. The molecule has 2 aromatic rings. The van der Waals surface area contributed by atoms with Gasteiger partial charge in [0.2, 0.25) is 0 Å². The van der Waals surface area contributed by atoms with Gasteiger partial charge >= 0.3 is 11.7 Å². The highest BCUT2D eigenvalue weighted by molar-refractivity contribution is 7.92. The summed E-state index contributed by atoms with van der Waals surface area (Å²) in [4.78, 5) is 37.4. The van der Waals surface area contributed by atoms with Gasteiger partial charge < -0.3 is 24.3 Å². The average molecular weight is 415 g/mol. The fourth-order valence-corrected chi connectivity index (χ4v) is 3.20. The van der Waals surface area contributed by atoms with E-state index in [1.54, 1.807) is 4.98 Å². The van der Waals surface area contributed by atoms with Crippen LogP contribution in [-0.2, 0) is 14.8 Å². The number of sulfonamides is 1. The quantitative estimate of drug-likeness (QED) is 0.397. The van der Waals surface area contributed by atoms with Gasteiger partial charge in [0, 0.05) is 25.4 Å². The Morgan fingerprint density at radius 3 is 2.46 bits per heavy atom. The first-order valence-electron chi connectivity index (χ1n) is 7.61. The van der Waals surface area contributed by atoms with Gasteiger partial charge in [0.05, 0.1) is 25.0 Å². The number of carboxylic acids is 1. The molecule has 0 radical (unpaired) electrons. The van der Waals surface area contributed by atoms with Crippen LogP contribution in [0.4, 0.5) is 5.69 Å². The van der Waals surface area contributed by atoms with E-state index < -0.39 is 37.7 Å². The lowest BCUT2D eigenvalue weighted by Crippen LogP contribution is -2.29. The lowest BCUT2D eigenvalue weighted by Gasteiger charge is -2.15. The fourth-order valence-electron chi connectivity index (χ4n) is 2.13. The molecule has 4 N–H and O–H groups in total. The number of hydrogen-bond donors (Lipinski definition) is 4. The Balaban J connectivity index is 2.52. The van der Waals surface area contributed by atoms with Gasteiger partial charge in [-0.1, -0.05) is 0 Å². The number of rotatable bonds is 9. The summed E-state index contributed by atoms with van der Waals surface area (Å²) in [5, 5.41) is 9.38. The number of ether oxygens (including phenoxy) is 3. The van der Waals surface area contributed by atoms with E-state index in [4.69, 9.17) is 14.2 Å². The molecule has 13 heteroatoms. The van der Waals surface area contributed by atoms with Crippen LogP contribution in [0.5, 0.6) is 11.5 Å². The smallest absolute Gasteiger partial charge is 0.337 e. The third-order valence-corrected chi connectivity index (χ3v) is 4.77. The number of anilines is 1. The van der Waals surface area contributed by atoms with Gasteiger partial charge in [-0.2, -0.15) is 0 Å². The van der Waals surface area contributed by atoms with Crippen molar-refractivity contribution in [2.75, 3.05) is 32.2 Å². The van der Waals surface area contributed by atoms with Gasteiger partial charge in [-0.25, -0.2) is 18.0 Å². The van der Waals surface area contributed by atoms with Crippen LogP contribution in [0, 0.1) is 0 Å². The van der Waals surface area contributed by atoms with E-state index in [1.807, 2.05) is 9.71 Å². The number of hydrogen-bond acceptors (Lipinski definition) is 8. The van der Waals surface area contributed by atoms with Crippen molar-refractivity contribution in [3.63, 3.8) is 0 Å². The number of carboxylic acid groups (broad SMARTS) is 1. The molecule has 28 heavy (non-hydrogen) atoms. The van der Waals surface area contributed by atoms with Gasteiger partial charge in [0.15, 0.2) is 16.4 Å². The van der Waals surface area contributed by atoms with Crippen molar-refractivity contribution in [3.8, 4) is 11.5 Å². The fraction of sp³-hybridized carbons (Fsp3) is 0.267. The number of aromatic carboxylic acids is 1. The largest absolute Gasteiger partial charge is 0.493 e. The number of benzene rings is 1. The van der Waals surface area contributed by atoms with Crippen molar-refractivity contribution in [1.29, 1.82) is 0 Å². The van der Waals surface area contributed by atoms with E-state index in [2.05, 4.69) is 0 Å². The Kier molecular flexibility index (Phi) is 6.43.